The van der Waals surface area contributed by atoms with Crippen LogP contribution in [0.1, 0.15) is 25.0 Å². The van der Waals surface area contributed by atoms with E-state index < -0.39 is 0 Å². The zero-order valence-corrected chi connectivity index (χ0v) is 15.9. The highest BCUT2D eigenvalue weighted by Crippen LogP contribution is 2.37. The molecule has 2 saturated heterocycles. The van der Waals surface area contributed by atoms with Crippen LogP contribution in [0.4, 0.5) is 0 Å². The van der Waals surface area contributed by atoms with E-state index in [1.165, 1.54) is 22.3 Å². The lowest BCUT2D eigenvalue weighted by Crippen LogP contribution is -2.32. The smallest absolute Gasteiger partial charge is 0.112 e. The summed E-state index contributed by atoms with van der Waals surface area (Å²) >= 11 is 0. The van der Waals surface area contributed by atoms with Crippen LogP contribution in [0, 0.1) is 0 Å². The molecular formula is C24H26O3. The molecule has 4 unspecified atom stereocenters. The largest absolute Gasteiger partial charge is 0.370 e. The maximum atomic E-state index is 6.73. The fourth-order valence-electron chi connectivity index (χ4n) is 3.59. The zero-order chi connectivity index (χ0) is 18.6. The number of hydrogen-bond donors (Lipinski definition) is 0. The molecule has 3 heteroatoms. The maximum Gasteiger partial charge on any atom is 0.112 e. The molecule has 0 N–H and O–H groups in total. The first-order valence-corrected chi connectivity index (χ1v) is 9.63. The summed E-state index contributed by atoms with van der Waals surface area (Å²) in [6.45, 7) is 5.61. The van der Waals surface area contributed by atoms with Crippen LogP contribution >= 0.6 is 0 Å². The van der Waals surface area contributed by atoms with Crippen molar-refractivity contribution in [3.63, 3.8) is 0 Å². The molecule has 0 aliphatic carbocycles. The first-order chi connectivity index (χ1) is 13.3. The Morgan fingerprint density at radius 2 is 1.15 bits per heavy atom. The normalized spacial score (nSPS) is 24.4. The SMILES string of the molecule is CC=C(c1ccccc1)C(OC(C(=CC)c1ccccc1)C1CO1)C1CO1. The Morgan fingerprint density at radius 3 is 1.44 bits per heavy atom. The van der Waals surface area contributed by atoms with Gasteiger partial charge < -0.3 is 14.2 Å². The summed E-state index contributed by atoms with van der Waals surface area (Å²) in [6.07, 6.45) is 4.28. The molecule has 140 valence electrons. The van der Waals surface area contributed by atoms with Crippen molar-refractivity contribution < 1.29 is 14.2 Å². The maximum absolute atomic E-state index is 6.73. The molecule has 2 aromatic carbocycles. The Morgan fingerprint density at radius 1 is 0.778 bits per heavy atom. The highest BCUT2D eigenvalue weighted by atomic mass is 16.6. The van der Waals surface area contributed by atoms with Gasteiger partial charge in [0, 0.05) is 0 Å². The number of ether oxygens (including phenoxy) is 3. The number of benzene rings is 2. The van der Waals surface area contributed by atoms with Crippen molar-refractivity contribution in [1.82, 2.24) is 0 Å². The van der Waals surface area contributed by atoms with Crippen LogP contribution < -0.4 is 0 Å². The Labute approximate surface area is 161 Å². The Hall–Kier alpha value is -2.20. The second-order valence-corrected chi connectivity index (χ2v) is 6.94. The molecule has 0 aromatic heterocycles. The van der Waals surface area contributed by atoms with E-state index >= 15 is 0 Å². The van der Waals surface area contributed by atoms with Gasteiger partial charge >= 0.3 is 0 Å². The molecule has 2 heterocycles. The average molecular weight is 362 g/mol. The van der Waals surface area contributed by atoms with Crippen molar-refractivity contribution >= 4 is 11.1 Å². The van der Waals surface area contributed by atoms with E-state index in [0.717, 1.165) is 13.2 Å². The molecule has 0 saturated carbocycles. The minimum Gasteiger partial charge on any atom is -0.370 e. The van der Waals surface area contributed by atoms with E-state index in [9.17, 15) is 0 Å². The van der Waals surface area contributed by atoms with E-state index in [0.29, 0.717) is 0 Å². The second-order valence-electron chi connectivity index (χ2n) is 6.94. The summed E-state index contributed by atoms with van der Waals surface area (Å²) in [5.41, 5.74) is 4.70. The molecule has 4 atom stereocenters. The predicted molar refractivity (Wildman–Crippen MR) is 108 cm³/mol. The third-order valence-corrected chi connectivity index (χ3v) is 5.14. The summed E-state index contributed by atoms with van der Waals surface area (Å²) in [7, 11) is 0. The van der Waals surface area contributed by atoms with E-state index in [2.05, 4.69) is 74.5 Å². The van der Waals surface area contributed by atoms with Crippen LogP contribution in [0.2, 0.25) is 0 Å². The third kappa shape index (κ3) is 4.22. The van der Waals surface area contributed by atoms with Gasteiger partial charge in [0.25, 0.3) is 0 Å². The fraction of sp³-hybridized carbons (Fsp3) is 0.333. The highest BCUT2D eigenvalue weighted by Gasteiger charge is 2.43. The summed E-state index contributed by atoms with van der Waals surface area (Å²) in [5, 5.41) is 0. The molecule has 2 aliphatic heterocycles. The monoisotopic (exact) mass is 362 g/mol. The van der Waals surface area contributed by atoms with Crippen LogP contribution in [0.25, 0.3) is 11.1 Å². The Kier molecular flexibility index (Phi) is 5.53. The van der Waals surface area contributed by atoms with Gasteiger partial charge in [-0.15, -0.1) is 0 Å². The van der Waals surface area contributed by atoms with E-state index in [4.69, 9.17) is 14.2 Å². The third-order valence-electron chi connectivity index (χ3n) is 5.14. The molecule has 27 heavy (non-hydrogen) atoms. The van der Waals surface area contributed by atoms with Gasteiger partial charge in [-0.2, -0.15) is 0 Å². The van der Waals surface area contributed by atoms with Crippen LogP contribution in [0.3, 0.4) is 0 Å². The van der Waals surface area contributed by atoms with Crippen LogP contribution in [0.15, 0.2) is 72.8 Å². The standard InChI is InChI=1S/C24H26O3/c1-3-19(17-11-7-5-8-12-17)23(21-15-25-21)27-24(22-16-26-22)20(4-2)18-13-9-6-10-14-18/h3-14,21-24H,15-16H2,1-2H3. The number of epoxide rings is 2. The van der Waals surface area contributed by atoms with Crippen molar-refractivity contribution in [2.45, 2.75) is 38.3 Å². The van der Waals surface area contributed by atoms with Crippen molar-refractivity contribution in [3.05, 3.63) is 83.9 Å². The first kappa shape index (κ1) is 18.2. The number of rotatable bonds is 8. The summed E-state index contributed by atoms with van der Waals surface area (Å²) in [4.78, 5) is 0. The molecule has 0 spiro atoms. The van der Waals surface area contributed by atoms with E-state index in [1.54, 1.807) is 0 Å². The molecule has 2 aliphatic rings. The number of allylic oxidation sites excluding steroid dienone is 2. The Balaban J connectivity index is 1.63. The van der Waals surface area contributed by atoms with Gasteiger partial charge in [0.05, 0.1) is 13.2 Å². The fourth-order valence-corrected chi connectivity index (χ4v) is 3.59. The van der Waals surface area contributed by atoms with Gasteiger partial charge in [-0.3, -0.25) is 0 Å². The van der Waals surface area contributed by atoms with E-state index in [1.807, 2.05) is 12.1 Å². The second kappa shape index (κ2) is 8.22. The molecule has 4 rings (SSSR count). The summed E-state index contributed by atoms with van der Waals surface area (Å²) in [5.74, 6) is 0. The minimum atomic E-state index is -0.106. The van der Waals surface area contributed by atoms with Crippen molar-refractivity contribution in [2.24, 2.45) is 0 Å². The summed E-state index contributed by atoms with van der Waals surface area (Å²) < 4.78 is 18.1. The molecule has 2 fully saturated rings. The predicted octanol–water partition coefficient (Wildman–Crippen LogP) is 4.74. The molecule has 3 nitrogen and oxygen atoms in total. The quantitative estimate of drug-likeness (QED) is 0.636. The summed E-state index contributed by atoms with van der Waals surface area (Å²) in [6, 6.07) is 20.8. The topological polar surface area (TPSA) is 34.3 Å². The van der Waals surface area contributed by atoms with E-state index in [-0.39, 0.29) is 24.4 Å². The average Bonchev–Trinajstić information content (AvgIpc) is 3.62. The highest BCUT2D eigenvalue weighted by molar-refractivity contribution is 5.72. The van der Waals surface area contributed by atoms with Crippen LogP contribution in [-0.2, 0) is 14.2 Å². The lowest BCUT2D eigenvalue weighted by atomic mass is 9.95. The molecular weight excluding hydrogens is 336 g/mol. The van der Waals surface area contributed by atoms with Gasteiger partial charge in [0.1, 0.15) is 24.4 Å². The zero-order valence-electron chi connectivity index (χ0n) is 15.9. The van der Waals surface area contributed by atoms with Gasteiger partial charge in [0.15, 0.2) is 0 Å². The molecule has 0 bridgehead atoms. The lowest BCUT2D eigenvalue weighted by molar-refractivity contribution is 0.0221. The van der Waals surface area contributed by atoms with Gasteiger partial charge in [-0.1, -0.05) is 72.8 Å². The minimum absolute atomic E-state index is 0.103. The molecule has 0 radical (unpaired) electrons. The first-order valence-electron chi connectivity index (χ1n) is 9.63. The van der Waals surface area contributed by atoms with Crippen molar-refractivity contribution in [2.75, 3.05) is 13.2 Å². The van der Waals surface area contributed by atoms with Crippen molar-refractivity contribution in [1.29, 1.82) is 0 Å². The molecule has 2 aromatic rings. The number of hydrogen-bond acceptors (Lipinski definition) is 3. The lowest BCUT2D eigenvalue weighted by Gasteiger charge is -2.27. The van der Waals surface area contributed by atoms with Crippen molar-refractivity contribution in [3.8, 4) is 0 Å². The van der Waals surface area contributed by atoms with Gasteiger partial charge in [-0.25, -0.2) is 0 Å². The van der Waals surface area contributed by atoms with Gasteiger partial charge in [0.2, 0.25) is 0 Å². The van der Waals surface area contributed by atoms with Crippen LogP contribution in [0.5, 0.6) is 0 Å². The molecule has 0 amide bonds. The van der Waals surface area contributed by atoms with Crippen LogP contribution in [-0.4, -0.2) is 37.6 Å². The van der Waals surface area contributed by atoms with Gasteiger partial charge in [-0.05, 0) is 36.1 Å². The Bertz CT molecular complexity index is 733.